The molecule has 1 aliphatic heterocycles. The summed E-state index contributed by atoms with van der Waals surface area (Å²) in [5.74, 6) is 1.91. The molecule has 128 valence electrons. The van der Waals surface area contributed by atoms with Crippen LogP contribution in [0.2, 0.25) is 0 Å². The molecule has 2 heterocycles. The highest BCUT2D eigenvalue weighted by Gasteiger charge is 2.32. The highest BCUT2D eigenvalue weighted by Crippen LogP contribution is 2.24. The van der Waals surface area contributed by atoms with Crippen molar-refractivity contribution in [2.24, 2.45) is 0 Å². The molecule has 8 nitrogen and oxygen atoms in total. The third-order valence-electron chi connectivity index (χ3n) is 3.68. The average molecular weight is 333 g/mol. The number of hydrogen-bond acceptors (Lipinski definition) is 7. The van der Waals surface area contributed by atoms with Gasteiger partial charge in [0.2, 0.25) is 11.8 Å². The van der Waals surface area contributed by atoms with Crippen molar-refractivity contribution in [1.29, 1.82) is 0 Å². The Hall–Kier alpha value is -2.61. The van der Waals surface area contributed by atoms with Gasteiger partial charge in [-0.25, -0.2) is 0 Å². The van der Waals surface area contributed by atoms with Gasteiger partial charge in [-0.15, -0.1) is 10.2 Å². The van der Waals surface area contributed by atoms with E-state index in [-0.39, 0.29) is 18.6 Å². The summed E-state index contributed by atoms with van der Waals surface area (Å²) in [6.07, 6.45) is 0. The van der Waals surface area contributed by atoms with Crippen LogP contribution in [0.25, 0.3) is 0 Å². The van der Waals surface area contributed by atoms with Crippen LogP contribution < -0.4 is 9.47 Å². The van der Waals surface area contributed by atoms with Crippen LogP contribution in [0, 0.1) is 6.92 Å². The number of aryl methyl sites for hydroxylation is 1. The van der Waals surface area contributed by atoms with Gasteiger partial charge < -0.3 is 23.5 Å². The lowest BCUT2D eigenvalue weighted by atomic mass is 10.2. The van der Waals surface area contributed by atoms with E-state index in [1.165, 1.54) is 0 Å². The van der Waals surface area contributed by atoms with E-state index in [1.54, 1.807) is 37.1 Å². The van der Waals surface area contributed by atoms with Gasteiger partial charge in [0, 0.05) is 19.5 Å². The smallest absolute Gasteiger partial charge is 0.261 e. The first-order valence-electron chi connectivity index (χ1n) is 7.61. The minimum absolute atomic E-state index is 0.0865. The molecule has 0 bridgehead atoms. The number of carbonyl (C=O) groups excluding carboxylic acids is 1. The number of benzene rings is 1. The lowest BCUT2D eigenvalue weighted by molar-refractivity contribution is -0.143. The van der Waals surface area contributed by atoms with Crippen molar-refractivity contribution in [3.05, 3.63) is 36.0 Å². The van der Waals surface area contributed by atoms with Gasteiger partial charge in [0.15, 0.2) is 6.61 Å². The highest BCUT2D eigenvalue weighted by atomic mass is 16.5. The Morgan fingerprint density at radius 3 is 2.96 bits per heavy atom. The third-order valence-corrected chi connectivity index (χ3v) is 3.68. The van der Waals surface area contributed by atoms with E-state index < -0.39 is 0 Å². The van der Waals surface area contributed by atoms with Gasteiger partial charge in [-0.3, -0.25) is 4.79 Å². The van der Waals surface area contributed by atoms with Crippen molar-refractivity contribution in [3.63, 3.8) is 0 Å². The second-order valence-corrected chi connectivity index (χ2v) is 5.30. The van der Waals surface area contributed by atoms with Gasteiger partial charge >= 0.3 is 0 Å². The maximum Gasteiger partial charge on any atom is 0.261 e. The Morgan fingerprint density at radius 2 is 2.21 bits per heavy atom. The number of methoxy groups -OCH3 is 1. The largest absolute Gasteiger partial charge is 0.497 e. The average Bonchev–Trinajstić information content (AvgIpc) is 3.06. The molecule has 1 aromatic heterocycles. The maximum absolute atomic E-state index is 12.5. The summed E-state index contributed by atoms with van der Waals surface area (Å²) in [4.78, 5) is 14.2. The molecular formula is C16H19N3O5. The number of nitrogens with zero attached hydrogens (tertiary/aromatic N) is 3. The predicted octanol–water partition coefficient (Wildman–Crippen LogP) is 1.37. The van der Waals surface area contributed by atoms with Crippen molar-refractivity contribution >= 4 is 5.91 Å². The van der Waals surface area contributed by atoms with Crippen LogP contribution in [0.1, 0.15) is 17.8 Å². The van der Waals surface area contributed by atoms with E-state index >= 15 is 0 Å². The zero-order valence-electron chi connectivity index (χ0n) is 13.6. The van der Waals surface area contributed by atoms with Gasteiger partial charge in [-0.05, 0) is 12.1 Å². The summed E-state index contributed by atoms with van der Waals surface area (Å²) in [7, 11) is 1.58. The van der Waals surface area contributed by atoms with Crippen LogP contribution in [0.4, 0.5) is 0 Å². The second-order valence-electron chi connectivity index (χ2n) is 5.30. The van der Waals surface area contributed by atoms with Crippen LogP contribution >= 0.6 is 0 Å². The van der Waals surface area contributed by atoms with E-state index in [0.29, 0.717) is 43.0 Å². The van der Waals surface area contributed by atoms with Crippen molar-refractivity contribution in [2.45, 2.75) is 13.0 Å². The first-order chi connectivity index (χ1) is 11.7. The SMILES string of the molecule is COc1cccc(OCC(=O)N2CCOC[C@H]2c2nnc(C)o2)c1. The highest BCUT2D eigenvalue weighted by molar-refractivity contribution is 5.78. The molecule has 0 N–H and O–H groups in total. The van der Waals surface area contributed by atoms with Crippen LogP contribution in [0.3, 0.4) is 0 Å². The summed E-state index contributed by atoms with van der Waals surface area (Å²) >= 11 is 0. The van der Waals surface area contributed by atoms with E-state index in [1.807, 2.05) is 6.07 Å². The van der Waals surface area contributed by atoms with E-state index in [0.717, 1.165) is 0 Å². The molecule has 8 heteroatoms. The molecule has 1 fully saturated rings. The molecule has 1 saturated heterocycles. The fraction of sp³-hybridized carbons (Fsp3) is 0.438. The zero-order valence-corrected chi connectivity index (χ0v) is 13.6. The normalized spacial score (nSPS) is 17.6. The molecule has 0 aliphatic carbocycles. The monoisotopic (exact) mass is 333 g/mol. The lowest BCUT2D eigenvalue weighted by Gasteiger charge is -2.33. The molecule has 2 aromatic rings. The standard InChI is InChI=1S/C16H19N3O5/c1-11-17-18-16(24-11)14-9-22-7-6-19(14)15(20)10-23-13-5-3-4-12(8-13)21-2/h3-5,8,14H,6-7,9-10H2,1-2H3/t14-/m0/s1. The van der Waals surface area contributed by atoms with Crippen LogP contribution in [-0.2, 0) is 9.53 Å². The quantitative estimate of drug-likeness (QED) is 0.816. The van der Waals surface area contributed by atoms with Gasteiger partial charge in [0.1, 0.15) is 17.5 Å². The Morgan fingerprint density at radius 1 is 1.38 bits per heavy atom. The van der Waals surface area contributed by atoms with Crippen LogP contribution in [0.15, 0.2) is 28.7 Å². The summed E-state index contributed by atoms with van der Waals surface area (Å²) in [6, 6.07) is 6.72. The molecule has 0 spiro atoms. The molecule has 1 aliphatic rings. The van der Waals surface area contributed by atoms with Crippen molar-refractivity contribution in [1.82, 2.24) is 15.1 Å². The molecule has 1 aromatic carbocycles. The van der Waals surface area contributed by atoms with Crippen molar-refractivity contribution in [2.75, 3.05) is 33.5 Å². The molecule has 0 saturated carbocycles. The van der Waals surface area contributed by atoms with E-state index in [9.17, 15) is 4.79 Å². The van der Waals surface area contributed by atoms with Crippen molar-refractivity contribution < 1.29 is 23.4 Å². The van der Waals surface area contributed by atoms with E-state index in [4.69, 9.17) is 18.6 Å². The number of ether oxygens (including phenoxy) is 3. The maximum atomic E-state index is 12.5. The molecular weight excluding hydrogens is 314 g/mol. The Bertz CT molecular complexity index is 703. The minimum atomic E-state index is -0.388. The topological polar surface area (TPSA) is 86.9 Å². The molecule has 24 heavy (non-hydrogen) atoms. The third kappa shape index (κ3) is 3.65. The summed E-state index contributed by atoms with van der Waals surface area (Å²) in [5, 5.41) is 7.81. The molecule has 0 unspecified atom stereocenters. The van der Waals surface area contributed by atoms with Crippen LogP contribution in [-0.4, -0.2) is 54.5 Å². The predicted molar refractivity (Wildman–Crippen MR) is 82.8 cm³/mol. The number of carbonyl (C=O) groups is 1. The Labute approximate surface area is 139 Å². The number of aromatic nitrogens is 2. The summed E-state index contributed by atoms with van der Waals surface area (Å²) < 4.78 is 21.6. The summed E-state index contributed by atoms with van der Waals surface area (Å²) in [6.45, 7) is 2.86. The van der Waals surface area contributed by atoms with Crippen molar-refractivity contribution in [3.8, 4) is 11.5 Å². The van der Waals surface area contributed by atoms with Gasteiger partial charge in [0.25, 0.3) is 5.91 Å². The first kappa shape index (κ1) is 16.3. The van der Waals surface area contributed by atoms with Crippen LogP contribution in [0.5, 0.6) is 11.5 Å². The Balaban J connectivity index is 1.65. The molecule has 1 amide bonds. The lowest BCUT2D eigenvalue weighted by Crippen LogP contribution is -2.45. The number of amides is 1. The number of morpholine rings is 1. The fourth-order valence-corrected chi connectivity index (χ4v) is 2.47. The van der Waals surface area contributed by atoms with E-state index in [2.05, 4.69) is 10.2 Å². The Kier molecular flexibility index (Phi) is 4.95. The molecule has 3 rings (SSSR count). The van der Waals surface area contributed by atoms with Gasteiger partial charge in [0.05, 0.1) is 20.3 Å². The number of rotatable bonds is 5. The summed E-state index contributed by atoms with van der Waals surface area (Å²) in [5.41, 5.74) is 0. The molecule has 1 atom stereocenters. The zero-order chi connectivity index (χ0) is 16.9. The number of hydrogen-bond donors (Lipinski definition) is 0. The molecule has 0 radical (unpaired) electrons. The van der Waals surface area contributed by atoms with Gasteiger partial charge in [-0.2, -0.15) is 0 Å². The minimum Gasteiger partial charge on any atom is -0.497 e. The van der Waals surface area contributed by atoms with Gasteiger partial charge in [-0.1, -0.05) is 6.07 Å². The fourth-order valence-electron chi connectivity index (χ4n) is 2.47. The second kappa shape index (κ2) is 7.31. The first-order valence-corrected chi connectivity index (χ1v) is 7.61.